The molecule has 4 heteroatoms. The maximum absolute atomic E-state index is 11.9. The van der Waals surface area contributed by atoms with Crippen molar-refractivity contribution in [2.75, 3.05) is 31.6 Å². The summed E-state index contributed by atoms with van der Waals surface area (Å²) in [5, 5.41) is 0. The average molecular weight is 234 g/mol. The van der Waals surface area contributed by atoms with E-state index in [-0.39, 0.29) is 5.78 Å². The van der Waals surface area contributed by atoms with Crippen LogP contribution in [0.5, 0.6) is 5.75 Å². The number of carbonyl (C=O) groups excluding carboxylic acids is 1. The van der Waals surface area contributed by atoms with E-state index in [1.165, 1.54) is 0 Å². The molecule has 0 atom stereocenters. The first-order valence-corrected chi connectivity index (χ1v) is 5.93. The summed E-state index contributed by atoms with van der Waals surface area (Å²) in [7, 11) is 2.01. The SMILES string of the molecule is CN1CCOc2ccc(C(=O)CCCN)cc21. The first-order chi connectivity index (χ1) is 8.22. The summed E-state index contributed by atoms with van der Waals surface area (Å²) in [6.45, 7) is 2.11. The van der Waals surface area contributed by atoms with Gasteiger partial charge in [0.2, 0.25) is 0 Å². The number of benzene rings is 1. The molecule has 17 heavy (non-hydrogen) atoms. The summed E-state index contributed by atoms with van der Waals surface area (Å²) >= 11 is 0. The fraction of sp³-hybridized carbons (Fsp3) is 0.462. The molecule has 0 aliphatic carbocycles. The lowest BCUT2D eigenvalue weighted by Gasteiger charge is -2.27. The third kappa shape index (κ3) is 2.58. The molecule has 0 fully saturated rings. The average Bonchev–Trinajstić information content (AvgIpc) is 2.36. The van der Waals surface area contributed by atoms with Crippen molar-refractivity contribution in [1.82, 2.24) is 0 Å². The topological polar surface area (TPSA) is 55.6 Å². The predicted molar refractivity (Wildman–Crippen MR) is 67.8 cm³/mol. The Balaban J connectivity index is 2.20. The molecule has 1 aromatic carbocycles. The zero-order chi connectivity index (χ0) is 12.3. The minimum Gasteiger partial charge on any atom is -0.490 e. The van der Waals surface area contributed by atoms with Crippen molar-refractivity contribution in [3.63, 3.8) is 0 Å². The second-order valence-corrected chi connectivity index (χ2v) is 4.27. The molecule has 1 heterocycles. The largest absolute Gasteiger partial charge is 0.490 e. The quantitative estimate of drug-likeness (QED) is 0.801. The van der Waals surface area contributed by atoms with Crippen LogP contribution in [0.15, 0.2) is 18.2 Å². The number of hydrogen-bond acceptors (Lipinski definition) is 4. The van der Waals surface area contributed by atoms with Gasteiger partial charge in [0.1, 0.15) is 12.4 Å². The van der Waals surface area contributed by atoms with E-state index in [4.69, 9.17) is 10.5 Å². The zero-order valence-electron chi connectivity index (χ0n) is 10.1. The van der Waals surface area contributed by atoms with Crippen LogP contribution < -0.4 is 15.4 Å². The predicted octanol–water partition coefficient (Wildman–Crippen LogP) is 1.44. The second-order valence-electron chi connectivity index (χ2n) is 4.27. The smallest absolute Gasteiger partial charge is 0.163 e. The Morgan fingerprint density at radius 3 is 3.12 bits per heavy atom. The molecule has 0 radical (unpaired) electrons. The minimum absolute atomic E-state index is 0.150. The van der Waals surface area contributed by atoms with Gasteiger partial charge in [-0.2, -0.15) is 0 Å². The molecule has 0 bridgehead atoms. The number of nitrogens with zero attached hydrogens (tertiary/aromatic N) is 1. The summed E-state index contributed by atoms with van der Waals surface area (Å²) < 4.78 is 5.54. The van der Waals surface area contributed by atoms with Crippen LogP contribution >= 0.6 is 0 Å². The molecule has 0 aromatic heterocycles. The lowest BCUT2D eigenvalue weighted by atomic mass is 10.0. The van der Waals surface area contributed by atoms with Crippen LogP contribution in [0, 0.1) is 0 Å². The van der Waals surface area contributed by atoms with Crippen molar-refractivity contribution in [3.8, 4) is 5.75 Å². The van der Waals surface area contributed by atoms with Gasteiger partial charge >= 0.3 is 0 Å². The number of nitrogens with two attached hydrogens (primary N) is 1. The van der Waals surface area contributed by atoms with E-state index >= 15 is 0 Å². The van der Waals surface area contributed by atoms with E-state index in [9.17, 15) is 4.79 Å². The minimum atomic E-state index is 0.150. The Bertz CT molecular complexity index is 418. The first-order valence-electron chi connectivity index (χ1n) is 5.93. The summed E-state index contributed by atoms with van der Waals surface area (Å²) in [6, 6.07) is 5.62. The number of rotatable bonds is 4. The van der Waals surface area contributed by atoms with Crippen molar-refractivity contribution in [1.29, 1.82) is 0 Å². The maximum Gasteiger partial charge on any atom is 0.163 e. The molecule has 0 amide bonds. The van der Waals surface area contributed by atoms with E-state index in [0.717, 1.165) is 30.0 Å². The van der Waals surface area contributed by atoms with Crippen molar-refractivity contribution in [2.45, 2.75) is 12.8 Å². The molecular formula is C13H18N2O2. The van der Waals surface area contributed by atoms with Crippen LogP contribution in [0.25, 0.3) is 0 Å². The van der Waals surface area contributed by atoms with Crippen molar-refractivity contribution in [2.24, 2.45) is 5.73 Å². The molecule has 0 unspecified atom stereocenters. The van der Waals surface area contributed by atoms with Crippen LogP contribution in [-0.4, -0.2) is 32.5 Å². The molecule has 2 rings (SSSR count). The van der Waals surface area contributed by atoms with Gasteiger partial charge in [0, 0.05) is 19.0 Å². The Kier molecular flexibility index (Phi) is 3.64. The third-order valence-corrected chi connectivity index (χ3v) is 2.98. The van der Waals surface area contributed by atoms with Crippen LogP contribution in [0.2, 0.25) is 0 Å². The van der Waals surface area contributed by atoms with Gasteiger partial charge in [-0.3, -0.25) is 4.79 Å². The summed E-state index contributed by atoms with van der Waals surface area (Å²) in [5.41, 5.74) is 7.15. The molecule has 0 saturated heterocycles. The number of anilines is 1. The first kappa shape index (κ1) is 11.9. The van der Waals surface area contributed by atoms with E-state index < -0.39 is 0 Å². The number of Topliss-reactive ketones (excluding diaryl/α,β-unsaturated/α-hetero) is 1. The molecule has 0 saturated carbocycles. The molecule has 1 aliphatic rings. The fourth-order valence-electron chi connectivity index (χ4n) is 1.93. The Labute approximate surface area is 101 Å². The highest BCUT2D eigenvalue weighted by atomic mass is 16.5. The fourth-order valence-corrected chi connectivity index (χ4v) is 1.93. The number of carbonyl (C=O) groups is 1. The van der Waals surface area contributed by atoms with Gasteiger partial charge in [0.15, 0.2) is 5.78 Å². The van der Waals surface area contributed by atoms with Crippen molar-refractivity contribution in [3.05, 3.63) is 23.8 Å². The lowest BCUT2D eigenvalue weighted by molar-refractivity contribution is 0.0980. The Morgan fingerprint density at radius 1 is 1.53 bits per heavy atom. The number of ketones is 1. The molecule has 1 aliphatic heterocycles. The van der Waals surface area contributed by atoms with Gasteiger partial charge in [-0.15, -0.1) is 0 Å². The van der Waals surface area contributed by atoms with Crippen LogP contribution in [-0.2, 0) is 0 Å². The highest BCUT2D eigenvalue weighted by Gasteiger charge is 2.16. The molecule has 0 spiro atoms. The Morgan fingerprint density at radius 2 is 2.35 bits per heavy atom. The van der Waals surface area contributed by atoms with Gasteiger partial charge in [-0.05, 0) is 31.2 Å². The summed E-state index contributed by atoms with van der Waals surface area (Å²) in [4.78, 5) is 14.0. The number of fused-ring (bicyclic) bond motifs is 1. The highest BCUT2D eigenvalue weighted by Crippen LogP contribution is 2.31. The molecule has 4 nitrogen and oxygen atoms in total. The maximum atomic E-state index is 11.9. The molecule has 92 valence electrons. The van der Waals surface area contributed by atoms with Gasteiger partial charge in [0.25, 0.3) is 0 Å². The van der Waals surface area contributed by atoms with Crippen LogP contribution in [0.4, 0.5) is 5.69 Å². The van der Waals surface area contributed by atoms with Crippen LogP contribution in [0.1, 0.15) is 23.2 Å². The normalized spacial score (nSPS) is 14.1. The van der Waals surface area contributed by atoms with E-state index in [1.54, 1.807) is 0 Å². The molecule has 1 aromatic rings. The number of hydrogen-bond donors (Lipinski definition) is 1. The summed E-state index contributed by atoms with van der Waals surface area (Å²) in [6.07, 6.45) is 1.25. The van der Waals surface area contributed by atoms with Crippen molar-refractivity contribution >= 4 is 11.5 Å². The standard InChI is InChI=1S/C13H18N2O2/c1-15-7-8-17-13-5-4-10(9-11(13)15)12(16)3-2-6-14/h4-5,9H,2-3,6-8,14H2,1H3. The van der Waals surface area contributed by atoms with Crippen LogP contribution in [0.3, 0.4) is 0 Å². The molecular weight excluding hydrogens is 216 g/mol. The van der Waals surface area contributed by atoms with Gasteiger partial charge in [-0.1, -0.05) is 0 Å². The summed E-state index contributed by atoms with van der Waals surface area (Å²) in [5.74, 6) is 1.01. The number of ether oxygens (including phenoxy) is 1. The van der Waals surface area contributed by atoms with Gasteiger partial charge < -0.3 is 15.4 Å². The lowest BCUT2D eigenvalue weighted by Crippen LogP contribution is -2.29. The van der Waals surface area contributed by atoms with E-state index in [0.29, 0.717) is 19.6 Å². The van der Waals surface area contributed by atoms with Crippen molar-refractivity contribution < 1.29 is 9.53 Å². The number of likely N-dealkylation sites (N-methyl/N-ethyl adjacent to an activating group) is 1. The zero-order valence-corrected chi connectivity index (χ0v) is 10.1. The third-order valence-electron chi connectivity index (χ3n) is 2.98. The van der Waals surface area contributed by atoms with E-state index in [2.05, 4.69) is 4.90 Å². The molecule has 2 N–H and O–H groups in total. The monoisotopic (exact) mass is 234 g/mol. The van der Waals surface area contributed by atoms with E-state index in [1.807, 2.05) is 25.2 Å². The van der Waals surface area contributed by atoms with Gasteiger partial charge in [-0.25, -0.2) is 0 Å². The second kappa shape index (κ2) is 5.19. The highest BCUT2D eigenvalue weighted by molar-refractivity contribution is 5.97. The Hall–Kier alpha value is -1.55. The van der Waals surface area contributed by atoms with Gasteiger partial charge in [0.05, 0.1) is 12.2 Å².